The second kappa shape index (κ2) is 5.69. The summed E-state index contributed by atoms with van der Waals surface area (Å²) in [5, 5.41) is 3.03. The van der Waals surface area contributed by atoms with Crippen LogP contribution in [0.25, 0.3) is 0 Å². The summed E-state index contributed by atoms with van der Waals surface area (Å²) in [6.45, 7) is 0.742. The summed E-state index contributed by atoms with van der Waals surface area (Å²) in [5.74, 6) is -0.0642. The Morgan fingerprint density at radius 1 is 1.50 bits per heavy atom. The third kappa shape index (κ3) is 3.02. The van der Waals surface area contributed by atoms with E-state index in [1.807, 2.05) is 11.8 Å². The number of carbonyl (C=O) groups is 1. The van der Waals surface area contributed by atoms with Gasteiger partial charge in [0.2, 0.25) is 0 Å². The molecular weight excluding hydrogens is 246 g/mol. The maximum atomic E-state index is 12.0. The standard InChI is InChI=1S/C13H21N3OS/c1-18-13(5-3-2-4-6-13)9-16-12(17)11-7-10(14)8-15-11/h7-8,15H,2-6,9,14H2,1H3,(H,16,17). The van der Waals surface area contributed by atoms with Crippen molar-refractivity contribution < 1.29 is 4.79 Å². The van der Waals surface area contributed by atoms with Crippen LogP contribution in [0.3, 0.4) is 0 Å². The lowest BCUT2D eigenvalue weighted by Crippen LogP contribution is -2.41. The Bertz CT molecular complexity index is 410. The average Bonchev–Trinajstić information content (AvgIpc) is 2.84. The van der Waals surface area contributed by atoms with E-state index >= 15 is 0 Å². The number of carbonyl (C=O) groups excluding carboxylic acids is 1. The molecular formula is C13H21N3OS. The number of anilines is 1. The van der Waals surface area contributed by atoms with E-state index in [9.17, 15) is 4.79 Å². The maximum Gasteiger partial charge on any atom is 0.267 e. The largest absolute Gasteiger partial charge is 0.397 e. The van der Waals surface area contributed by atoms with E-state index < -0.39 is 0 Å². The van der Waals surface area contributed by atoms with Crippen molar-refractivity contribution in [2.24, 2.45) is 0 Å². The van der Waals surface area contributed by atoms with Crippen LogP contribution in [0.1, 0.15) is 42.6 Å². The minimum Gasteiger partial charge on any atom is -0.397 e. The molecule has 100 valence electrons. The predicted molar refractivity (Wildman–Crippen MR) is 76.9 cm³/mol. The number of hydrogen-bond acceptors (Lipinski definition) is 3. The number of nitrogens with one attached hydrogen (secondary N) is 2. The van der Waals surface area contributed by atoms with Crippen molar-refractivity contribution in [3.8, 4) is 0 Å². The fraction of sp³-hybridized carbons (Fsp3) is 0.615. The number of aromatic amines is 1. The summed E-state index contributed by atoms with van der Waals surface area (Å²) in [6.07, 6.45) is 10.0. The molecule has 1 aromatic rings. The fourth-order valence-electron chi connectivity index (χ4n) is 2.53. The molecule has 1 aliphatic rings. The van der Waals surface area contributed by atoms with Gasteiger partial charge in [0.15, 0.2) is 0 Å². The summed E-state index contributed by atoms with van der Waals surface area (Å²) in [4.78, 5) is 14.8. The van der Waals surface area contributed by atoms with Crippen LogP contribution >= 0.6 is 11.8 Å². The normalized spacial score (nSPS) is 18.5. The summed E-state index contributed by atoms with van der Waals surface area (Å²) in [5.41, 5.74) is 6.73. The Balaban J connectivity index is 1.91. The monoisotopic (exact) mass is 267 g/mol. The van der Waals surface area contributed by atoms with Crippen LogP contribution in [0, 0.1) is 0 Å². The van der Waals surface area contributed by atoms with Gasteiger partial charge in [-0.25, -0.2) is 0 Å². The molecule has 2 rings (SSSR count). The molecule has 0 spiro atoms. The van der Waals surface area contributed by atoms with Gasteiger partial charge >= 0.3 is 0 Å². The smallest absolute Gasteiger partial charge is 0.267 e. The first-order valence-electron chi connectivity index (χ1n) is 6.42. The molecule has 1 saturated carbocycles. The summed E-state index contributed by atoms with van der Waals surface area (Å²) in [6, 6.07) is 1.67. The van der Waals surface area contributed by atoms with Gasteiger partial charge in [0.25, 0.3) is 5.91 Å². The first kappa shape index (κ1) is 13.3. The molecule has 0 bridgehead atoms. The highest BCUT2D eigenvalue weighted by Crippen LogP contribution is 2.37. The highest BCUT2D eigenvalue weighted by Gasteiger charge is 2.31. The molecule has 0 unspecified atom stereocenters. The lowest BCUT2D eigenvalue weighted by molar-refractivity contribution is 0.0942. The average molecular weight is 267 g/mol. The molecule has 0 atom stereocenters. The summed E-state index contributed by atoms with van der Waals surface area (Å²) >= 11 is 1.89. The van der Waals surface area contributed by atoms with E-state index in [0.29, 0.717) is 11.4 Å². The van der Waals surface area contributed by atoms with Gasteiger partial charge in [0, 0.05) is 23.2 Å². The Kier molecular flexibility index (Phi) is 4.22. The molecule has 4 N–H and O–H groups in total. The minimum atomic E-state index is -0.0642. The van der Waals surface area contributed by atoms with Crippen LogP contribution in [0.2, 0.25) is 0 Å². The molecule has 1 aliphatic carbocycles. The predicted octanol–water partition coefficient (Wildman–Crippen LogP) is 2.39. The van der Waals surface area contributed by atoms with Crippen molar-refractivity contribution in [3.63, 3.8) is 0 Å². The van der Waals surface area contributed by atoms with E-state index in [0.717, 1.165) is 6.54 Å². The maximum absolute atomic E-state index is 12.0. The second-order valence-electron chi connectivity index (χ2n) is 4.98. The lowest BCUT2D eigenvalue weighted by atomic mass is 9.88. The van der Waals surface area contributed by atoms with Crippen LogP contribution in [0.5, 0.6) is 0 Å². The Morgan fingerprint density at radius 2 is 2.22 bits per heavy atom. The van der Waals surface area contributed by atoms with E-state index in [1.54, 1.807) is 12.3 Å². The topological polar surface area (TPSA) is 70.9 Å². The number of aromatic nitrogens is 1. The molecule has 1 heterocycles. The molecule has 1 aromatic heterocycles. The number of H-pyrrole nitrogens is 1. The Hall–Kier alpha value is -1.10. The molecule has 18 heavy (non-hydrogen) atoms. The van der Waals surface area contributed by atoms with Crippen LogP contribution in [0.15, 0.2) is 12.3 Å². The van der Waals surface area contributed by atoms with Crippen LogP contribution in [-0.2, 0) is 0 Å². The van der Waals surface area contributed by atoms with E-state index in [2.05, 4.69) is 16.6 Å². The van der Waals surface area contributed by atoms with Gasteiger partial charge < -0.3 is 16.0 Å². The number of nitrogens with two attached hydrogens (primary N) is 1. The van der Waals surface area contributed by atoms with Crippen molar-refractivity contribution >= 4 is 23.4 Å². The minimum absolute atomic E-state index is 0.0642. The Labute approximate surface area is 112 Å². The van der Waals surface area contributed by atoms with Crippen molar-refractivity contribution in [1.29, 1.82) is 0 Å². The van der Waals surface area contributed by atoms with Crippen LogP contribution < -0.4 is 11.1 Å². The molecule has 1 fully saturated rings. The van der Waals surface area contributed by atoms with Gasteiger partial charge in [-0.1, -0.05) is 19.3 Å². The first-order chi connectivity index (χ1) is 8.65. The molecule has 4 nitrogen and oxygen atoms in total. The number of rotatable bonds is 4. The fourth-order valence-corrected chi connectivity index (χ4v) is 3.44. The van der Waals surface area contributed by atoms with Gasteiger partial charge in [-0.15, -0.1) is 0 Å². The summed E-state index contributed by atoms with van der Waals surface area (Å²) in [7, 11) is 0. The van der Waals surface area contributed by atoms with Gasteiger partial charge in [-0.05, 0) is 25.2 Å². The van der Waals surface area contributed by atoms with E-state index in [1.165, 1.54) is 32.1 Å². The molecule has 5 heteroatoms. The van der Waals surface area contributed by atoms with Gasteiger partial charge in [-0.3, -0.25) is 4.79 Å². The van der Waals surface area contributed by atoms with Gasteiger partial charge in [0.05, 0.1) is 0 Å². The number of nitrogen functional groups attached to an aromatic ring is 1. The third-order valence-electron chi connectivity index (χ3n) is 3.72. The lowest BCUT2D eigenvalue weighted by Gasteiger charge is -2.35. The SMILES string of the molecule is CSC1(CNC(=O)c2cc(N)c[nH]2)CCCCC1. The van der Waals surface area contributed by atoms with E-state index in [4.69, 9.17) is 5.73 Å². The molecule has 0 aromatic carbocycles. The van der Waals surface area contributed by atoms with E-state index in [-0.39, 0.29) is 10.7 Å². The zero-order valence-electron chi connectivity index (χ0n) is 10.8. The number of amides is 1. The first-order valence-corrected chi connectivity index (χ1v) is 7.65. The molecule has 1 amide bonds. The summed E-state index contributed by atoms with van der Waals surface area (Å²) < 4.78 is 0.228. The zero-order chi connectivity index (χ0) is 13.0. The number of hydrogen-bond donors (Lipinski definition) is 3. The van der Waals surface area contributed by atoms with Crippen LogP contribution in [0.4, 0.5) is 5.69 Å². The molecule has 0 aliphatic heterocycles. The van der Waals surface area contributed by atoms with Gasteiger partial charge in [-0.2, -0.15) is 11.8 Å². The van der Waals surface area contributed by atoms with Crippen molar-refractivity contribution in [3.05, 3.63) is 18.0 Å². The highest BCUT2D eigenvalue weighted by atomic mass is 32.2. The van der Waals surface area contributed by atoms with Crippen molar-refractivity contribution in [2.45, 2.75) is 36.9 Å². The second-order valence-corrected chi connectivity index (χ2v) is 6.25. The third-order valence-corrected chi connectivity index (χ3v) is 5.14. The van der Waals surface area contributed by atoms with Crippen molar-refractivity contribution in [2.75, 3.05) is 18.5 Å². The zero-order valence-corrected chi connectivity index (χ0v) is 11.6. The van der Waals surface area contributed by atoms with Gasteiger partial charge in [0.1, 0.15) is 5.69 Å². The Morgan fingerprint density at radius 3 is 2.78 bits per heavy atom. The highest BCUT2D eigenvalue weighted by molar-refractivity contribution is 8.00. The number of thioether (sulfide) groups is 1. The molecule has 0 saturated heterocycles. The van der Waals surface area contributed by atoms with Crippen LogP contribution in [-0.4, -0.2) is 28.4 Å². The quantitative estimate of drug-likeness (QED) is 0.784. The van der Waals surface area contributed by atoms with Crippen molar-refractivity contribution in [1.82, 2.24) is 10.3 Å². The molecule has 0 radical (unpaired) electrons.